The first kappa shape index (κ1) is 20.4. The first-order chi connectivity index (χ1) is 14.0. The predicted octanol–water partition coefficient (Wildman–Crippen LogP) is 1.88. The molecule has 0 radical (unpaired) electrons. The molecule has 29 heavy (non-hydrogen) atoms. The zero-order valence-corrected chi connectivity index (χ0v) is 16.6. The van der Waals surface area contributed by atoms with Gasteiger partial charge in [0.1, 0.15) is 19.3 Å². The van der Waals surface area contributed by atoms with Gasteiger partial charge in [-0.25, -0.2) is 0 Å². The second kappa shape index (κ2) is 8.50. The monoisotopic (exact) mass is 420 g/mol. The second-order valence-corrected chi connectivity index (χ2v) is 8.17. The maximum atomic E-state index is 10.5. The SMILES string of the molecule is OC[C@H]1C[C@@H](c2ccc(Cl)c(Cc3ccc4c(c3)OCCO4)c2)[C@H](O)[C@@H](O)[C@@H]1O. The fourth-order valence-electron chi connectivity index (χ4n) is 4.22. The van der Waals surface area contributed by atoms with Gasteiger partial charge in [0.2, 0.25) is 0 Å². The molecule has 2 aromatic carbocycles. The minimum absolute atomic E-state index is 0.251. The molecule has 2 aromatic rings. The molecule has 1 fully saturated rings. The molecule has 2 aliphatic rings. The number of benzene rings is 2. The highest BCUT2D eigenvalue weighted by atomic mass is 35.5. The van der Waals surface area contributed by atoms with E-state index in [9.17, 15) is 20.4 Å². The van der Waals surface area contributed by atoms with Gasteiger partial charge in [-0.1, -0.05) is 29.8 Å². The summed E-state index contributed by atoms with van der Waals surface area (Å²) in [6, 6.07) is 11.3. The Bertz CT molecular complexity index is 870. The Morgan fingerprint density at radius 2 is 1.66 bits per heavy atom. The van der Waals surface area contributed by atoms with Crippen LogP contribution in [0.25, 0.3) is 0 Å². The van der Waals surface area contributed by atoms with E-state index >= 15 is 0 Å². The number of ether oxygens (including phenoxy) is 2. The van der Waals surface area contributed by atoms with Crippen molar-refractivity contribution in [1.29, 1.82) is 0 Å². The van der Waals surface area contributed by atoms with Crippen molar-refractivity contribution >= 4 is 11.6 Å². The maximum absolute atomic E-state index is 10.5. The fraction of sp³-hybridized carbons (Fsp3) is 0.455. The summed E-state index contributed by atoms with van der Waals surface area (Å²) in [5.41, 5.74) is 2.72. The molecule has 0 unspecified atom stereocenters. The minimum Gasteiger partial charge on any atom is -0.486 e. The van der Waals surface area contributed by atoms with Gasteiger partial charge in [-0.05, 0) is 47.7 Å². The number of fused-ring (bicyclic) bond motifs is 1. The largest absolute Gasteiger partial charge is 0.486 e. The molecule has 4 N–H and O–H groups in total. The van der Waals surface area contributed by atoms with Crippen LogP contribution in [0.4, 0.5) is 0 Å². The van der Waals surface area contributed by atoms with Crippen molar-refractivity contribution in [3.8, 4) is 11.5 Å². The van der Waals surface area contributed by atoms with E-state index < -0.39 is 30.1 Å². The Kier molecular flexibility index (Phi) is 5.99. The van der Waals surface area contributed by atoms with Crippen LogP contribution in [0, 0.1) is 5.92 Å². The quantitative estimate of drug-likeness (QED) is 0.602. The molecular formula is C22H25ClO6. The van der Waals surface area contributed by atoms with Gasteiger partial charge >= 0.3 is 0 Å². The minimum atomic E-state index is -1.30. The molecule has 4 rings (SSSR count). The van der Waals surface area contributed by atoms with E-state index in [1.165, 1.54) is 0 Å². The molecule has 0 aromatic heterocycles. The van der Waals surface area contributed by atoms with E-state index in [1.54, 1.807) is 6.07 Å². The number of halogens is 1. The molecule has 0 amide bonds. The normalized spacial score (nSPS) is 28.9. The average molecular weight is 421 g/mol. The van der Waals surface area contributed by atoms with Crippen molar-refractivity contribution in [1.82, 2.24) is 0 Å². The molecule has 0 bridgehead atoms. The lowest BCUT2D eigenvalue weighted by Crippen LogP contribution is -2.51. The van der Waals surface area contributed by atoms with Crippen LogP contribution >= 0.6 is 11.6 Å². The van der Waals surface area contributed by atoms with E-state index in [2.05, 4.69) is 0 Å². The summed E-state index contributed by atoms with van der Waals surface area (Å²) in [7, 11) is 0. The summed E-state index contributed by atoms with van der Waals surface area (Å²) in [5.74, 6) is 0.552. The van der Waals surface area contributed by atoms with Crippen LogP contribution in [0.1, 0.15) is 29.0 Å². The molecular weight excluding hydrogens is 396 g/mol. The molecule has 1 aliphatic carbocycles. The number of aliphatic hydroxyl groups excluding tert-OH is 4. The van der Waals surface area contributed by atoms with Crippen LogP contribution in [0.2, 0.25) is 5.02 Å². The number of rotatable bonds is 4. The van der Waals surface area contributed by atoms with Crippen LogP contribution < -0.4 is 9.47 Å². The fourth-order valence-corrected chi connectivity index (χ4v) is 4.40. The molecule has 6 nitrogen and oxygen atoms in total. The summed E-state index contributed by atoms with van der Waals surface area (Å²) in [4.78, 5) is 0. The molecule has 0 spiro atoms. The van der Waals surface area contributed by atoms with Gasteiger partial charge < -0.3 is 29.9 Å². The van der Waals surface area contributed by atoms with Crippen LogP contribution in [-0.2, 0) is 6.42 Å². The van der Waals surface area contributed by atoms with Gasteiger partial charge in [0, 0.05) is 23.5 Å². The number of hydrogen-bond donors (Lipinski definition) is 4. The summed E-state index contributed by atoms with van der Waals surface area (Å²) in [6.45, 7) is 0.810. The predicted molar refractivity (Wildman–Crippen MR) is 108 cm³/mol. The van der Waals surface area contributed by atoms with E-state index in [0.717, 1.165) is 22.4 Å². The lowest BCUT2D eigenvalue weighted by Gasteiger charge is -2.40. The molecule has 1 aliphatic heterocycles. The third kappa shape index (κ3) is 4.09. The average Bonchev–Trinajstić information content (AvgIpc) is 2.74. The highest BCUT2D eigenvalue weighted by molar-refractivity contribution is 6.31. The van der Waals surface area contributed by atoms with E-state index in [1.807, 2.05) is 30.3 Å². The molecule has 156 valence electrons. The van der Waals surface area contributed by atoms with Crippen LogP contribution in [-0.4, -0.2) is 58.6 Å². The van der Waals surface area contributed by atoms with Crippen molar-refractivity contribution in [2.45, 2.75) is 37.1 Å². The Balaban J connectivity index is 1.59. The Morgan fingerprint density at radius 3 is 2.41 bits per heavy atom. The maximum Gasteiger partial charge on any atom is 0.161 e. The van der Waals surface area contributed by atoms with Gasteiger partial charge in [-0.3, -0.25) is 0 Å². The van der Waals surface area contributed by atoms with Crippen LogP contribution in [0.15, 0.2) is 36.4 Å². The summed E-state index contributed by atoms with van der Waals surface area (Å²) < 4.78 is 11.2. The smallest absolute Gasteiger partial charge is 0.161 e. The van der Waals surface area contributed by atoms with Gasteiger partial charge in [0.05, 0.1) is 12.2 Å². The Labute approximate surface area is 174 Å². The molecule has 1 saturated carbocycles. The summed E-state index contributed by atoms with van der Waals surface area (Å²) in [5, 5.41) is 40.9. The van der Waals surface area contributed by atoms with E-state index in [4.69, 9.17) is 21.1 Å². The third-order valence-electron chi connectivity index (χ3n) is 5.89. The Morgan fingerprint density at radius 1 is 0.897 bits per heavy atom. The van der Waals surface area contributed by atoms with Gasteiger partial charge in [-0.2, -0.15) is 0 Å². The zero-order chi connectivity index (χ0) is 20.5. The van der Waals surface area contributed by atoms with E-state index in [-0.39, 0.29) is 6.61 Å². The third-order valence-corrected chi connectivity index (χ3v) is 6.25. The molecule has 0 saturated heterocycles. The van der Waals surface area contributed by atoms with Crippen LogP contribution in [0.3, 0.4) is 0 Å². The number of hydrogen-bond acceptors (Lipinski definition) is 6. The van der Waals surface area contributed by atoms with Gasteiger partial charge in [-0.15, -0.1) is 0 Å². The topological polar surface area (TPSA) is 99.4 Å². The number of aliphatic hydroxyl groups is 4. The zero-order valence-electron chi connectivity index (χ0n) is 15.9. The highest BCUT2D eigenvalue weighted by Crippen LogP contribution is 2.38. The molecule has 1 heterocycles. The van der Waals surface area contributed by atoms with Crippen molar-refractivity contribution < 1.29 is 29.9 Å². The molecule has 7 heteroatoms. The first-order valence-corrected chi connectivity index (χ1v) is 10.2. The Hall–Kier alpha value is -1.83. The van der Waals surface area contributed by atoms with Gasteiger partial charge in [0.15, 0.2) is 11.5 Å². The van der Waals surface area contributed by atoms with Gasteiger partial charge in [0.25, 0.3) is 0 Å². The van der Waals surface area contributed by atoms with Crippen LogP contribution in [0.5, 0.6) is 11.5 Å². The summed E-state index contributed by atoms with van der Waals surface area (Å²) in [6.07, 6.45) is -2.61. The molecule has 5 atom stereocenters. The lowest BCUT2D eigenvalue weighted by molar-refractivity contribution is -0.127. The highest BCUT2D eigenvalue weighted by Gasteiger charge is 2.42. The van der Waals surface area contributed by atoms with Crippen molar-refractivity contribution in [2.24, 2.45) is 5.92 Å². The van der Waals surface area contributed by atoms with E-state index in [0.29, 0.717) is 36.8 Å². The summed E-state index contributed by atoms with van der Waals surface area (Å²) >= 11 is 6.42. The second-order valence-electron chi connectivity index (χ2n) is 7.76. The first-order valence-electron chi connectivity index (χ1n) is 9.80. The standard InChI is InChI=1S/C22H25ClO6/c23-17-3-2-13(16-10-15(11-24)20(25)22(27)21(16)26)9-14(17)7-12-1-4-18-19(8-12)29-6-5-28-18/h1-4,8-9,15-16,20-22,24-27H,5-7,10-11H2/t15-,16+,20-,21+,22+/m1/s1. The lowest BCUT2D eigenvalue weighted by atomic mass is 9.73. The van der Waals surface area contributed by atoms with Crippen molar-refractivity contribution in [3.05, 3.63) is 58.1 Å². The van der Waals surface area contributed by atoms with Crippen molar-refractivity contribution in [2.75, 3.05) is 19.8 Å². The van der Waals surface area contributed by atoms with Crippen molar-refractivity contribution in [3.63, 3.8) is 0 Å².